The van der Waals surface area contributed by atoms with Crippen molar-refractivity contribution < 1.29 is 9.18 Å². The first-order valence-electron chi connectivity index (χ1n) is 7.63. The molecule has 1 aliphatic rings. The van der Waals surface area contributed by atoms with Crippen molar-refractivity contribution in [3.63, 3.8) is 0 Å². The Bertz CT molecular complexity index is 842. The number of hydrogen-bond acceptors (Lipinski definition) is 3. The van der Waals surface area contributed by atoms with Crippen molar-refractivity contribution in [1.29, 1.82) is 0 Å². The second-order valence-electron chi connectivity index (χ2n) is 5.45. The normalized spacial score (nSPS) is 19.5. The lowest BCUT2D eigenvalue weighted by atomic mass is 9.95. The molecule has 0 saturated heterocycles. The minimum Gasteiger partial charge on any atom is -0.321 e. The Morgan fingerprint density at radius 3 is 2.71 bits per heavy atom. The molecule has 5 heteroatoms. The first kappa shape index (κ1) is 16.2. The molecule has 0 fully saturated rings. The van der Waals surface area contributed by atoms with Crippen LogP contribution in [-0.4, -0.2) is 17.1 Å². The Kier molecular flexibility index (Phi) is 4.94. The Morgan fingerprint density at radius 2 is 1.96 bits per heavy atom. The molecule has 0 spiro atoms. The zero-order valence-corrected chi connectivity index (χ0v) is 13.6. The molecule has 0 bridgehead atoms. The molecule has 2 aromatic rings. The Hall–Kier alpha value is -2.62. The summed E-state index contributed by atoms with van der Waals surface area (Å²) in [5.41, 5.74) is 2.68. The van der Waals surface area contributed by atoms with Crippen LogP contribution in [0, 0.1) is 5.82 Å². The highest BCUT2D eigenvalue weighted by atomic mass is 32.1. The number of para-hydroxylation sites is 1. The number of nitrogens with one attached hydrogen (secondary N) is 1. The van der Waals surface area contributed by atoms with Gasteiger partial charge in [0.15, 0.2) is 0 Å². The summed E-state index contributed by atoms with van der Waals surface area (Å²) in [6, 6.07) is 13.8. The van der Waals surface area contributed by atoms with E-state index in [1.54, 1.807) is 12.1 Å². The van der Waals surface area contributed by atoms with Crippen molar-refractivity contribution in [1.82, 2.24) is 0 Å². The van der Waals surface area contributed by atoms with Crippen LogP contribution in [0.1, 0.15) is 24.0 Å². The third-order valence-electron chi connectivity index (χ3n) is 3.94. The third-order valence-corrected chi connectivity index (χ3v) is 4.04. The van der Waals surface area contributed by atoms with Gasteiger partial charge in [-0.05, 0) is 42.3 Å². The molecule has 3 rings (SSSR count). The van der Waals surface area contributed by atoms with Crippen LogP contribution in [0.5, 0.6) is 0 Å². The third kappa shape index (κ3) is 3.32. The van der Waals surface area contributed by atoms with Crippen LogP contribution in [0.3, 0.4) is 0 Å². The summed E-state index contributed by atoms with van der Waals surface area (Å²) in [4.78, 5) is 16.3. The highest BCUT2D eigenvalue weighted by molar-refractivity contribution is 7.78. The summed E-state index contributed by atoms with van der Waals surface area (Å²) in [5.74, 6) is -0.851. The summed E-state index contributed by atoms with van der Waals surface area (Å²) < 4.78 is 14.4. The topological polar surface area (TPSA) is 41.5 Å². The number of rotatable bonds is 2. The van der Waals surface area contributed by atoms with Gasteiger partial charge in [0, 0.05) is 5.56 Å². The number of carbonyl (C=O) groups is 1. The number of hydrogen-bond donors (Lipinski definition) is 1. The van der Waals surface area contributed by atoms with Gasteiger partial charge >= 0.3 is 0 Å². The lowest BCUT2D eigenvalue weighted by Gasteiger charge is -2.15. The minimum atomic E-state index is -0.665. The molecule has 1 heterocycles. The summed E-state index contributed by atoms with van der Waals surface area (Å²) in [6.07, 6.45) is 3.12. The standard InChI is InChI=1S/C19H15FN2OS/c20-16-10-4-9-15-14(13-6-2-1-3-7-13)8-5-11-17(21-12-24)19(23)22-18(15)16/h1-4,6-10,17H,5,11H2,(H,22,23)/b14-8-. The molecule has 120 valence electrons. The van der Waals surface area contributed by atoms with E-state index in [4.69, 9.17) is 0 Å². The number of fused-ring (bicyclic) bond motifs is 1. The van der Waals surface area contributed by atoms with Crippen molar-refractivity contribution >= 4 is 34.5 Å². The van der Waals surface area contributed by atoms with E-state index < -0.39 is 11.9 Å². The number of aliphatic imine (C=N–C) groups is 1. The predicted octanol–water partition coefficient (Wildman–Crippen LogP) is 4.46. The van der Waals surface area contributed by atoms with Crippen LogP contribution in [0.15, 0.2) is 59.6 Å². The number of halogens is 1. The van der Waals surface area contributed by atoms with Crippen molar-refractivity contribution in [3.05, 3.63) is 71.6 Å². The second-order valence-corrected chi connectivity index (χ2v) is 5.63. The maximum atomic E-state index is 14.4. The van der Waals surface area contributed by atoms with E-state index >= 15 is 0 Å². The van der Waals surface area contributed by atoms with Gasteiger partial charge < -0.3 is 5.32 Å². The Labute approximate surface area is 144 Å². The molecule has 0 saturated carbocycles. The molecular formula is C19H15FN2OS. The number of carbonyl (C=O) groups excluding carboxylic acids is 1. The van der Waals surface area contributed by atoms with Crippen molar-refractivity contribution in [3.8, 4) is 0 Å². The zero-order valence-electron chi connectivity index (χ0n) is 12.8. The monoisotopic (exact) mass is 338 g/mol. The molecule has 1 atom stereocenters. The molecule has 1 aliphatic heterocycles. The average molecular weight is 338 g/mol. The highest BCUT2D eigenvalue weighted by Gasteiger charge is 2.23. The van der Waals surface area contributed by atoms with Gasteiger partial charge in [0.05, 0.1) is 10.8 Å². The number of allylic oxidation sites excluding steroid dienone is 1. The number of thiocarbonyl (C=S) groups is 1. The van der Waals surface area contributed by atoms with Crippen LogP contribution >= 0.6 is 12.2 Å². The maximum absolute atomic E-state index is 14.4. The molecule has 2 aromatic carbocycles. The number of nitrogens with zero attached hydrogens (tertiary/aromatic N) is 1. The van der Waals surface area contributed by atoms with Crippen LogP contribution < -0.4 is 5.32 Å². The maximum Gasteiger partial charge on any atom is 0.250 e. The molecule has 24 heavy (non-hydrogen) atoms. The molecule has 1 amide bonds. The van der Waals surface area contributed by atoms with E-state index in [0.29, 0.717) is 18.4 Å². The van der Waals surface area contributed by atoms with Gasteiger partial charge in [-0.25, -0.2) is 9.38 Å². The van der Waals surface area contributed by atoms with E-state index in [1.807, 2.05) is 36.4 Å². The highest BCUT2D eigenvalue weighted by Crippen LogP contribution is 2.33. The SMILES string of the molecule is O=C1Nc2c(F)cccc2/C(c2ccccc2)=C\CCC1N=C=S. The molecule has 3 nitrogen and oxygen atoms in total. The van der Waals surface area contributed by atoms with Gasteiger partial charge in [0.25, 0.3) is 0 Å². The van der Waals surface area contributed by atoms with Crippen LogP contribution in [0.4, 0.5) is 10.1 Å². The van der Waals surface area contributed by atoms with E-state index in [2.05, 4.69) is 27.7 Å². The van der Waals surface area contributed by atoms with E-state index in [1.165, 1.54) is 6.07 Å². The van der Waals surface area contributed by atoms with Gasteiger partial charge in [0.1, 0.15) is 11.9 Å². The van der Waals surface area contributed by atoms with E-state index in [0.717, 1.165) is 11.1 Å². The Morgan fingerprint density at radius 1 is 1.17 bits per heavy atom. The quantitative estimate of drug-likeness (QED) is 0.649. The molecular weight excluding hydrogens is 323 g/mol. The molecule has 0 radical (unpaired) electrons. The van der Waals surface area contributed by atoms with E-state index in [-0.39, 0.29) is 11.6 Å². The molecule has 0 aromatic heterocycles. The van der Waals surface area contributed by atoms with Crippen LogP contribution in [0.2, 0.25) is 0 Å². The summed E-state index contributed by atoms with van der Waals surface area (Å²) in [5, 5.41) is 4.92. The molecule has 1 unspecified atom stereocenters. The van der Waals surface area contributed by atoms with Crippen molar-refractivity contribution in [2.45, 2.75) is 18.9 Å². The largest absolute Gasteiger partial charge is 0.321 e. The number of isothiocyanates is 1. The van der Waals surface area contributed by atoms with E-state index in [9.17, 15) is 9.18 Å². The van der Waals surface area contributed by atoms with Gasteiger partial charge in [-0.1, -0.05) is 48.5 Å². The molecule has 0 aliphatic carbocycles. The lowest BCUT2D eigenvalue weighted by Crippen LogP contribution is -2.26. The fraction of sp³-hybridized carbons (Fsp3) is 0.158. The zero-order chi connectivity index (χ0) is 16.9. The van der Waals surface area contributed by atoms with Crippen LogP contribution in [-0.2, 0) is 4.79 Å². The van der Waals surface area contributed by atoms with Crippen LogP contribution in [0.25, 0.3) is 5.57 Å². The molecule has 1 N–H and O–H groups in total. The lowest BCUT2D eigenvalue weighted by molar-refractivity contribution is -0.117. The summed E-state index contributed by atoms with van der Waals surface area (Å²) in [6.45, 7) is 0. The minimum absolute atomic E-state index is 0.170. The number of benzene rings is 2. The van der Waals surface area contributed by atoms with Gasteiger partial charge in [-0.15, -0.1) is 0 Å². The van der Waals surface area contributed by atoms with Crippen molar-refractivity contribution in [2.75, 3.05) is 5.32 Å². The fourth-order valence-corrected chi connectivity index (χ4v) is 2.91. The second kappa shape index (κ2) is 7.30. The predicted molar refractivity (Wildman–Crippen MR) is 96.6 cm³/mol. The summed E-state index contributed by atoms with van der Waals surface area (Å²) >= 11 is 4.61. The number of anilines is 1. The van der Waals surface area contributed by atoms with Gasteiger partial charge in [-0.3, -0.25) is 4.79 Å². The fourth-order valence-electron chi connectivity index (χ4n) is 2.79. The Balaban J connectivity index is 2.16. The van der Waals surface area contributed by atoms with Crippen molar-refractivity contribution in [2.24, 2.45) is 4.99 Å². The van der Waals surface area contributed by atoms with Gasteiger partial charge in [0.2, 0.25) is 5.91 Å². The smallest absolute Gasteiger partial charge is 0.250 e. The van der Waals surface area contributed by atoms with Gasteiger partial charge in [-0.2, -0.15) is 0 Å². The average Bonchev–Trinajstić information content (AvgIpc) is 2.66. The summed E-state index contributed by atoms with van der Waals surface area (Å²) in [7, 11) is 0. The number of amides is 1. The first-order valence-corrected chi connectivity index (χ1v) is 8.04. The first-order chi connectivity index (χ1) is 11.7.